The summed E-state index contributed by atoms with van der Waals surface area (Å²) in [5.41, 5.74) is 1.65. The van der Waals surface area contributed by atoms with Crippen LogP contribution in [0.3, 0.4) is 0 Å². The molecule has 1 aliphatic heterocycles. The zero-order valence-corrected chi connectivity index (χ0v) is 13.2. The third-order valence-corrected chi connectivity index (χ3v) is 4.77. The minimum absolute atomic E-state index is 0.258. The number of ether oxygens (including phenoxy) is 1. The van der Waals surface area contributed by atoms with Crippen molar-refractivity contribution in [1.82, 2.24) is 5.32 Å². The lowest BCUT2D eigenvalue weighted by atomic mass is 9.82. The van der Waals surface area contributed by atoms with E-state index in [1.54, 1.807) is 0 Å². The summed E-state index contributed by atoms with van der Waals surface area (Å²) >= 11 is 0. The highest BCUT2D eigenvalue weighted by Crippen LogP contribution is 2.28. The van der Waals surface area contributed by atoms with Gasteiger partial charge < -0.3 is 10.1 Å². The molecule has 0 amide bonds. The van der Waals surface area contributed by atoms with Crippen LogP contribution in [-0.2, 0) is 5.41 Å². The topological polar surface area (TPSA) is 21.3 Å². The van der Waals surface area contributed by atoms with E-state index < -0.39 is 0 Å². The quantitative estimate of drug-likeness (QED) is 0.842. The summed E-state index contributed by atoms with van der Waals surface area (Å²) in [6, 6.07) is 8.66. The van der Waals surface area contributed by atoms with Crippen molar-refractivity contribution in [2.24, 2.45) is 5.92 Å². The molecule has 1 fully saturated rings. The smallest absolute Gasteiger partial charge is 0.119 e. The first-order valence-electron chi connectivity index (χ1n) is 8.06. The average molecular weight is 275 g/mol. The SMILES string of the molecule is CCC(C)(C)c1ccc(OCCC2CCNCC2)cc1. The second kappa shape index (κ2) is 7.12. The maximum atomic E-state index is 5.89. The first-order chi connectivity index (χ1) is 9.62. The number of nitrogens with one attached hydrogen (secondary N) is 1. The summed E-state index contributed by atoms with van der Waals surface area (Å²) < 4.78 is 5.89. The number of piperidine rings is 1. The molecule has 0 unspecified atom stereocenters. The summed E-state index contributed by atoms with van der Waals surface area (Å²) in [6.07, 6.45) is 4.94. The molecule has 2 heteroatoms. The summed E-state index contributed by atoms with van der Waals surface area (Å²) in [4.78, 5) is 0. The van der Waals surface area contributed by atoms with Crippen molar-refractivity contribution in [1.29, 1.82) is 0 Å². The largest absolute Gasteiger partial charge is 0.494 e. The minimum atomic E-state index is 0.258. The molecule has 0 radical (unpaired) electrons. The van der Waals surface area contributed by atoms with Gasteiger partial charge in [0.15, 0.2) is 0 Å². The van der Waals surface area contributed by atoms with Gasteiger partial charge in [0.2, 0.25) is 0 Å². The first-order valence-corrected chi connectivity index (χ1v) is 8.06. The molecule has 1 aromatic rings. The summed E-state index contributed by atoms with van der Waals surface area (Å²) in [7, 11) is 0. The fourth-order valence-electron chi connectivity index (χ4n) is 2.72. The van der Waals surface area contributed by atoms with Crippen molar-refractivity contribution >= 4 is 0 Å². The van der Waals surface area contributed by atoms with Gasteiger partial charge in [0.05, 0.1) is 6.61 Å². The van der Waals surface area contributed by atoms with Crippen LogP contribution in [0.4, 0.5) is 0 Å². The Morgan fingerprint density at radius 1 is 1.15 bits per heavy atom. The predicted molar refractivity (Wildman–Crippen MR) is 85.5 cm³/mol. The van der Waals surface area contributed by atoms with Gasteiger partial charge >= 0.3 is 0 Å². The number of benzene rings is 1. The van der Waals surface area contributed by atoms with Crippen LogP contribution in [-0.4, -0.2) is 19.7 Å². The lowest BCUT2D eigenvalue weighted by molar-refractivity contribution is 0.251. The van der Waals surface area contributed by atoms with Crippen LogP contribution in [0.2, 0.25) is 0 Å². The Labute approximate surface area is 123 Å². The van der Waals surface area contributed by atoms with Gasteiger partial charge in [0.1, 0.15) is 5.75 Å². The van der Waals surface area contributed by atoms with E-state index in [-0.39, 0.29) is 5.41 Å². The standard InChI is InChI=1S/C18H29NO/c1-4-18(2,3)16-5-7-17(8-6-16)20-14-11-15-9-12-19-13-10-15/h5-8,15,19H,4,9-14H2,1-3H3. The Kier molecular flexibility index (Phi) is 5.47. The Bertz CT molecular complexity index is 390. The fraction of sp³-hybridized carbons (Fsp3) is 0.667. The highest BCUT2D eigenvalue weighted by Gasteiger charge is 2.17. The maximum Gasteiger partial charge on any atom is 0.119 e. The van der Waals surface area contributed by atoms with Crippen LogP contribution in [0.15, 0.2) is 24.3 Å². The Morgan fingerprint density at radius 2 is 1.80 bits per heavy atom. The van der Waals surface area contributed by atoms with Gasteiger partial charge in [0.25, 0.3) is 0 Å². The Morgan fingerprint density at radius 3 is 2.40 bits per heavy atom. The van der Waals surface area contributed by atoms with Crippen LogP contribution in [0.25, 0.3) is 0 Å². The van der Waals surface area contributed by atoms with Crippen molar-refractivity contribution in [3.05, 3.63) is 29.8 Å². The summed E-state index contributed by atoms with van der Waals surface area (Å²) in [5.74, 6) is 1.85. The van der Waals surface area contributed by atoms with E-state index in [9.17, 15) is 0 Å². The number of hydrogen-bond donors (Lipinski definition) is 1. The predicted octanol–water partition coefficient (Wildman–Crippen LogP) is 4.14. The van der Waals surface area contributed by atoms with E-state index in [0.717, 1.165) is 24.7 Å². The molecule has 0 saturated carbocycles. The van der Waals surface area contributed by atoms with Crippen LogP contribution in [0.1, 0.15) is 52.0 Å². The second-order valence-electron chi connectivity index (χ2n) is 6.59. The van der Waals surface area contributed by atoms with Gasteiger partial charge in [-0.3, -0.25) is 0 Å². The van der Waals surface area contributed by atoms with E-state index in [1.165, 1.54) is 37.9 Å². The van der Waals surface area contributed by atoms with E-state index in [0.29, 0.717) is 0 Å². The van der Waals surface area contributed by atoms with Crippen molar-refractivity contribution in [3.8, 4) is 5.75 Å². The van der Waals surface area contributed by atoms with Gasteiger partial charge in [-0.05, 0) is 67.8 Å². The van der Waals surface area contributed by atoms with Crippen molar-refractivity contribution < 1.29 is 4.74 Å². The molecule has 0 aromatic heterocycles. The molecule has 0 bridgehead atoms. The lowest BCUT2D eigenvalue weighted by Crippen LogP contribution is -2.28. The zero-order chi connectivity index (χ0) is 14.4. The lowest BCUT2D eigenvalue weighted by Gasteiger charge is -2.24. The Hall–Kier alpha value is -1.02. The van der Waals surface area contributed by atoms with Crippen molar-refractivity contribution in [3.63, 3.8) is 0 Å². The molecule has 0 aliphatic carbocycles. The van der Waals surface area contributed by atoms with E-state index >= 15 is 0 Å². The minimum Gasteiger partial charge on any atom is -0.494 e. The van der Waals surface area contributed by atoms with Gasteiger partial charge in [-0.1, -0.05) is 32.9 Å². The molecule has 1 aliphatic rings. The van der Waals surface area contributed by atoms with Gasteiger partial charge in [0, 0.05) is 0 Å². The van der Waals surface area contributed by atoms with Gasteiger partial charge in [-0.15, -0.1) is 0 Å². The van der Waals surface area contributed by atoms with Crippen molar-refractivity contribution in [2.75, 3.05) is 19.7 Å². The zero-order valence-electron chi connectivity index (χ0n) is 13.2. The molecule has 1 aromatic carbocycles. The maximum absolute atomic E-state index is 5.89. The van der Waals surface area contributed by atoms with E-state index in [1.807, 2.05) is 0 Å². The molecule has 20 heavy (non-hydrogen) atoms. The molecule has 0 spiro atoms. The molecular formula is C18H29NO. The molecular weight excluding hydrogens is 246 g/mol. The molecule has 1 heterocycles. The monoisotopic (exact) mass is 275 g/mol. The highest BCUT2D eigenvalue weighted by atomic mass is 16.5. The molecule has 1 saturated heterocycles. The number of rotatable bonds is 6. The first kappa shape index (κ1) is 15.4. The van der Waals surface area contributed by atoms with Gasteiger partial charge in [-0.2, -0.15) is 0 Å². The highest BCUT2D eigenvalue weighted by molar-refractivity contribution is 5.31. The molecule has 2 nitrogen and oxygen atoms in total. The van der Waals surface area contributed by atoms with Crippen molar-refractivity contribution in [2.45, 2.75) is 51.9 Å². The van der Waals surface area contributed by atoms with Gasteiger partial charge in [-0.25, -0.2) is 0 Å². The third kappa shape index (κ3) is 4.24. The summed E-state index contributed by atoms with van der Waals surface area (Å²) in [5, 5.41) is 3.41. The third-order valence-electron chi connectivity index (χ3n) is 4.77. The molecule has 112 valence electrons. The molecule has 0 atom stereocenters. The van der Waals surface area contributed by atoms with E-state index in [2.05, 4.69) is 50.4 Å². The average Bonchev–Trinajstić information content (AvgIpc) is 2.49. The van der Waals surface area contributed by atoms with Crippen LogP contribution < -0.4 is 10.1 Å². The van der Waals surface area contributed by atoms with Crippen LogP contribution >= 0.6 is 0 Å². The molecule has 1 N–H and O–H groups in total. The summed E-state index contributed by atoms with van der Waals surface area (Å²) in [6.45, 7) is 10.0. The Balaban J connectivity index is 1.79. The number of hydrogen-bond acceptors (Lipinski definition) is 2. The van der Waals surface area contributed by atoms with E-state index in [4.69, 9.17) is 4.74 Å². The molecule has 2 rings (SSSR count). The second-order valence-corrected chi connectivity index (χ2v) is 6.59. The normalized spacial score (nSPS) is 17.1. The van der Waals surface area contributed by atoms with Crippen LogP contribution in [0, 0.1) is 5.92 Å². The van der Waals surface area contributed by atoms with Crippen LogP contribution in [0.5, 0.6) is 5.75 Å². The fourth-order valence-corrected chi connectivity index (χ4v) is 2.72.